The number of hydrogen-bond donors (Lipinski definition) is 2. The normalized spacial score (nSPS) is 22.1. The maximum atomic E-state index is 12.6. The van der Waals surface area contributed by atoms with Crippen molar-refractivity contribution in [3.63, 3.8) is 0 Å². The Morgan fingerprint density at radius 2 is 2.17 bits per heavy atom. The molecule has 1 heterocycles. The van der Waals surface area contributed by atoms with Crippen molar-refractivity contribution in [2.24, 2.45) is 0 Å². The lowest BCUT2D eigenvalue weighted by Gasteiger charge is -2.20. The van der Waals surface area contributed by atoms with E-state index in [0.717, 1.165) is 25.6 Å². The van der Waals surface area contributed by atoms with Crippen molar-refractivity contribution >= 4 is 0 Å². The molecule has 2 atom stereocenters. The lowest BCUT2D eigenvalue weighted by atomic mass is 10.0. The van der Waals surface area contributed by atoms with Gasteiger partial charge in [0, 0.05) is 18.6 Å². The van der Waals surface area contributed by atoms with Crippen molar-refractivity contribution in [2.45, 2.75) is 31.6 Å². The van der Waals surface area contributed by atoms with Crippen molar-refractivity contribution in [3.05, 3.63) is 35.4 Å². The largest absolute Gasteiger partial charge is 0.416 e. The standard InChI is InChI=1S/C13H17F3N2/c1-9(18-12-5-6-17-8-12)10-3-2-4-11(7-10)13(14,15)16/h2-4,7,9,12,17-18H,5-6,8H2,1H3. The van der Waals surface area contributed by atoms with Gasteiger partial charge in [-0.1, -0.05) is 12.1 Å². The molecule has 2 unspecified atom stereocenters. The van der Waals surface area contributed by atoms with Gasteiger partial charge in [-0.3, -0.25) is 0 Å². The number of alkyl halides is 3. The van der Waals surface area contributed by atoms with Crippen LogP contribution in [0.4, 0.5) is 13.2 Å². The lowest BCUT2D eigenvalue weighted by Crippen LogP contribution is -2.33. The van der Waals surface area contributed by atoms with Gasteiger partial charge in [0.05, 0.1) is 5.56 Å². The van der Waals surface area contributed by atoms with Crippen LogP contribution >= 0.6 is 0 Å². The fourth-order valence-electron chi connectivity index (χ4n) is 2.23. The first-order chi connectivity index (χ1) is 8.47. The fourth-order valence-corrected chi connectivity index (χ4v) is 2.23. The molecule has 0 radical (unpaired) electrons. The van der Waals surface area contributed by atoms with Gasteiger partial charge in [-0.15, -0.1) is 0 Å². The number of hydrogen-bond acceptors (Lipinski definition) is 2. The number of nitrogens with one attached hydrogen (secondary N) is 2. The van der Waals surface area contributed by atoms with Crippen molar-refractivity contribution < 1.29 is 13.2 Å². The molecule has 0 bridgehead atoms. The average molecular weight is 258 g/mol. The zero-order valence-electron chi connectivity index (χ0n) is 10.2. The molecule has 2 N–H and O–H groups in total. The lowest BCUT2D eigenvalue weighted by molar-refractivity contribution is -0.137. The summed E-state index contributed by atoms with van der Waals surface area (Å²) in [7, 11) is 0. The van der Waals surface area contributed by atoms with Gasteiger partial charge < -0.3 is 10.6 Å². The van der Waals surface area contributed by atoms with E-state index in [1.54, 1.807) is 6.07 Å². The van der Waals surface area contributed by atoms with E-state index in [1.165, 1.54) is 12.1 Å². The van der Waals surface area contributed by atoms with Crippen molar-refractivity contribution in [1.29, 1.82) is 0 Å². The molecule has 1 aromatic rings. The van der Waals surface area contributed by atoms with E-state index in [2.05, 4.69) is 10.6 Å². The molecule has 0 saturated carbocycles. The van der Waals surface area contributed by atoms with Crippen LogP contribution < -0.4 is 10.6 Å². The molecule has 0 amide bonds. The van der Waals surface area contributed by atoms with E-state index in [1.807, 2.05) is 6.92 Å². The van der Waals surface area contributed by atoms with Gasteiger partial charge in [0.15, 0.2) is 0 Å². The van der Waals surface area contributed by atoms with Crippen LogP contribution in [0.3, 0.4) is 0 Å². The molecule has 0 spiro atoms. The zero-order valence-corrected chi connectivity index (χ0v) is 10.2. The minimum Gasteiger partial charge on any atom is -0.315 e. The highest BCUT2D eigenvalue weighted by molar-refractivity contribution is 5.27. The molecule has 0 aliphatic carbocycles. The topological polar surface area (TPSA) is 24.1 Å². The minimum atomic E-state index is -4.27. The molecule has 100 valence electrons. The zero-order chi connectivity index (χ0) is 13.2. The van der Waals surface area contributed by atoms with Crippen LogP contribution in [0.5, 0.6) is 0 Å². The smallest absolute Gasteiger partial charge is 0.315 e. The highest BCUT2D eigenvalue weighted by Gasteiger charge is 2.30. The van der Waals surface area contributed by atoms with E-state index in [9.17, 15) is 13.2 Å². The summed E-state index contributed by atoms with van der Waals surface area (Å²) < 4.78 is 37.8. The van der Waals surface area contributed by atoms with Crippen LogP contribution in [-0.4, -0.2) is 19.1 Å². The monoisotopic (exact) mass is 258 g/mol. The molecule has 18 heavy (non-hydrogen) atoms. The average Bonchev–Trinajstić information content (AvgIpc) is 2.81. The first kappa shape index (κ1) is 13.4. The molecule has 1 aliphatic rings. The van der Waals surface area contributed by atoms with E-state index in [-0.39, 0.29) is 6.04 Å². The second-order valence-electron chi connectivity index (χ2n) is 4.70. The molecule has 0 aromatic heterocycles. The molecule has 5 heteroatoms. The summed E-state index contributed by atoms with van der Waals surface area (Å²) in [6, 6.07) is 5.79. The highest BCUT2D eigenvalue weighted by Crippen LogP contribution is 2.30. The van der Waals surface area contributed by atoms with Crippen LogP contribution in [0, 0.1) is 0 Å². The number of rotatable bonds is 3. The van der Waals surface area contributed by atoms with Crippen molar-refractivity contribution in [3.8, 4) is 0 Å². The highest BCUT2D eigenvalue weighted by atomic mass is 19.4. The molecule has 1 aromatic carbocycles. The van der Waals surface area contributed by atoms with Gasteiger partial charge in [0.25, 0.3) is 0 Å². The first-order valence-corrected chi connectivity index (χ1v) is 6.11. The van der Waals surface area contributed by atoms with Gasteiger partial charge in [0.2, 0.25) is 0 Å². The summed E-state index contributed by atoms with van der Waals surface area (Å²) in [5.74, 6) is 0. The molecule has 1 fully saturated rings. The van der Waals surface area contributed by atoms with Crippen LogP contribution in [-0.2, 0) is 6.18 Å². The van der Waals surface area contributed by atoms with Gasteiger partial charge in [-0.2, -0.15) is 13.2 Å². The third kappa shape index (κ3) is 3.23. The van der Waals surface area contributed by atoms with E-state index in [0.29, 0.717) is 11.6 Å². The number of benzene rings is 1. The Morgan fingerprint density at radius 1 is 1.39 bits per heavy atom. The Labute approximate surface area is 105 Å². The van der Waals surface area contributed by atoms with Crippen LogP contribution in [0.25, 0.3) is 0 Å². The quantitative estimate of drug-likeness (QED) is 0.871. The maximum absolute atomic E-state index is 12.6. The predicted octanol–water partition coefficient (Wildman–Crippen LogP) is 2.72. The predicted molar refractivity (Wildman–Crippen MR) is 64.3 cm³/mol. The fraction of sp³-hybridized carbons (Fsp3) is 0.538. The second kappa shape index (κ2) is 5.28. The van der Waals surface area contributed by atoms with Crippen LogP contribution in [0.15, 0.2) is 24.3 Å². The van der Waals surface area contributed by atoms with Crippen LogP contribution in [0.1, 0.15) is 30.5 Å². The molecule has 1 saturated heterocycles. The number of halogens is 3. The Morgan fingerprint density at radius 3 is 2.78 bits per heavy atom. The van der Waals surface area contributed by atoms with Gasteiger partial charge >= 0.3 is 6.18 Å². The molecule has 2 nitrogen and oxygen atoms in total. The van der Waals surface area contributed by atoms with Crippen LogP contribution in [0.2, 0.25) is 0 Å². The van der Waals surface area contributed by atoms with Gasteiger partial charge in [-0.25, -0.2) is 0 Å². The second-order valence-corrected chi connectivity index (χ2v) is 4.70. The summed E-state index contributed by atoms with van der Waals surface area (Å²) in [5.41, 5.74) is 0.0925. The van der Waals surface area contributed by atoms with E-state index >= 15 is 0 Å². The van der Waals surface area contributed by atoms with Gasteiger partial charge in [-0.05, 0) is 37.6 Å². The molecule has 1 aliphatic heterocycles. The third-order valence-corrected chi connectivity index (χ3v) is 3.26. The Hall–Kier alpha value is -1.07. The molecular weight excluding hydrogens is 241 g/mol. The Balaban J connectivity index is 2.07. The first-order valence-electron chi connectivity index (χ1n) is 6.11. The minimum absolute atomic E-state index is 0.0720. The summed E-state index contributed by atoms with van der Waals surface area (Å²) in [6.07, 6.45) is -3.26. The summed E-state index contributed by atoms with van der Waals surface area (Å²) in [4.78, 5) is 0. The van der Waals surface area contributed by atoms with Crippen molar-refractivity contribution in [1.82, 2.24) is 10.6 Å². The summed E-state index contributed by atoms with van der Waals surface area (Å²) in [5, 5.41) is 6.57. The summed E-state index contributed by atoms with van der Waals surface area (Å²) in [6.45, 7) is 3.74. The van der Waals surface area contributed by atoms with Crippen molar-refractivity contribution in [2.75, 3.05) is 13.1 Å². The van der Waals surface area contributed by atoms with Gasteiger partial charge in [0.1, 0.15) is 0 Å². The Bertz CT molecular complexity index is 397. The summed E-state index contributed by atoms with van der Waals surface area (Å²) >= 11 is 0. The SMILES string of the molecule is CC(NC1CCNC1)c1cccc(C(F)(F)F)c1. The maximum Gasteiger partial charge on any atom is 0.416 e. The molecule has 2 rings (SSSR count). The Kier molecular flexibility index (Phi) is 3.92. The van der Waals surface area contributed by atoms with E-state index < -0.39 is 11.7 Å². The van der Waals surface area contributed by atoms with E-state index in [4.69, 9.17) is 0 Å². The molecular formula is C13H17F3N2. The third-order valence-electron chi connectivity index (χ3n) is 3.26.